The first-order valence-electron chi connectivity index (χ1n) is 7.34. The van der Waals surface area contributed by atoms with Gasteiger partial charge in [0.25, 0.3) is 5.91 Å². The number of hydrogen-bond donors (Lipinski definition) is 2. The van der Waals surface area contributed by atoms with E-state index in [0.717, 1.165) is 36.6 Å². The SMILES string of the molecule is Cl.Cl.Cn1cc(N2CCCC(NC(=O)c3csc(CN)n3)C2)cn1. The summed E-state index contributed by atoms with van der Waals surface area (Å²) in [5, 5.41) is 9.83. The summed E-state index contributed by atoms with van der Waals surface area (Å²) in [6.45, 7) is 2.16. The Labute approximate surface area is 157 Å². The standard InChI is InChI=1S/C14H20N6OS.2ClH/c1-19-8-11(6-16-19)20-4-2-3-10(7-20)17-14(21)12-9-22-13(5-15)18-12;;/h6,8-10H,2-5,7,15H2,1H3,(H,17,21);2*1H. The number of thiazole rings is 1. The number of halogens is 2. The van der Waals surface area contributed by atoms with Gasteiger partial charge in [0.05, 0.1) is 11.9 Å². The maximum Gasteiger partial charge on any atom is 0.271 e. The number of aryl methyl sites for hydroxylation is 1. The van der Waals surface area contributed by atoms with Gasteiger partial charge in [-0.15, -0.1) is 36.2 Å². The monoisotopic (exact) mass is 392 g/mol. The zero-order valence-corrected chi connectivity index (χ0v) is 15.8. The fourth-order valence-electron chi connectivity index (χ4n) is 2.67. The fraction of sp³-hybridized carbons (Fsp3) is 0.500. The van der Waals surface area contributed by atoms with Gasteiger partial charge in [-0.3, -0.25) is 9.48 Å². The maximum absolute atomic E-state index is 12.2. The van der Waals surface area contributed by atoms with Gasteiger partial charge in [0.1, 0.15) is 10.7 Å². The van der Waals surface area contributed by atoms with Crippen molar-refractivity contribution in [2.24, 2.45) is 12.8 Å². The highest BCUT2D eigenvalue weighted by Gasteiger charge is 2.23. The zero-order valence-electron chi connectivity index (χ0n) is 13.3. The highest BCUT2D eigenvalue weighted by molar-refractivity contribution is 7.09. The largest absolute Gasteiger partial charge is 0.367 e. The van der Waals surface area contributed by atoms with Crippen LogP contribution >= 0.6 is 36.2 Å². The number of hydrogen-bond acceptors (Lipinski definition) is 6. The van der Waals surface area contributed by atoms with E-state index in [0.29, 0.717) is 12.2 Å². The third-order valence-electron chi connectivity index (χ3n) is 3.77. The Hall–Kier alpha value is -1.35. The van der Waals surface area contributed by atoms with Gasteiger partial charge in [-0.05, 0) is 12.8 Å². The van der Waals surface area contributed by atoms with Crippen LogP contribution in [0.25, 0.3) is 0 Å². The minimum atomic E-state index is -0.117. The molecule has 0 saturated carbocycles. The molecule has 1 amide bonds. The highest BCUT2D eigenvalue weighted by atomic mass is 35.5. The Bertz CT molecular complexity index is 661. The summed E-state index contributed by atoms with van der Waals surface area (Å²) in [6, 6.07) is 0.129. The van der Waals surface area contributed by atoms with Crippen LogP contribution in [0.5, 0.6) is 0 Å². The molecule has 0 bridgehead atoms. The van der Waals surface area contributed by atoms with Crippen molar-refractivity contribution in [3.05, 3.63) is 28.5 Å². The molecule has 0 spiro atoms. The molecule has 0 aromatic carbocycles. The summed E-state index contributed by atoms with van der Waals surface area (Å²) in [6.07, 6.45) is 5.89. The lowest BCUT2D eigenvalue weighted by atomic mass is 10.1. The van der Waals surface area contributed by atoms with Crippen molar-refractivity contribution < 1.29 is 4.79 Å². The average Bonchev–Trinajstić information content (AvgIpc) is 3.16. The number of piperidine rings is 1. The molecule has 1 saturated heterocycles. The fourth-order valence-corrected chi connectivity index (χ4v) is 3.32. The van der Waals surface area contributed by atoms with Crippen molar-refractivity contribution in [2.75, 3.05) is 18.0 Å². The third-order valence-corrected chi connectivity index (χ3v) is 4.64. The predicted octanol–water partition coefficient (Wildman–Crippen LogP) is 1.58. The van der Waals surface area contributed by atoms with Crippen molar-refractivity contribution in [1.82, 2.24) is 20.1 Å². The lowest BCUT2D eigenvalue weighted by Crippen LogP contribution is -2.47. The van der Waals surface area contributed by atoms with E-state index in [1.54, 1.807) is 10.1 Å². The Morgan fingerprint density at radius 1 is 1.50 bits per heavy atom. The molecule has 3 N–H and O–H groups in total. The van der Waals surface area contributed by atoms with Crippen LogP contribution in [0.1, 0.15) is 28.3 Å². The lowest BCUT2D eigenvalue weighted by molar-refractivity contribution is 0.0928. The molecule has 2 aromatic heterocycles. The van der Waals surface area contributed by atoms with Crippen molar-refractivity contribution in [3.63, 3.8) is 0 Å². The molecule has 0 aliphatic carbocycles. The highest BCUT2D eigenvalue weighted by Crippen LogP contribution is 2.19. The molecule has 3 heterocycles. The van der Waals surface area contributed by atoms with Crippen molar-refractivity contribution in [3.8, 4) is 0 Å². The summed E-state index contributed by atoms with van der Waals surface area (Å²) in [7, 11) is 1.91. The zero-order chi connectivity index (χ0) is 15.5. The third kappa shape index (κ3) is 4.83. The van der Waals surface area contributed by atoms with Gasteiger partial charge in [-0.2, -0.15) is 5.10 Å². The molecule has 1 aliphatic rings. The molecular weight excluding hydrogens is 371 g/mol. The van der Waals surface area contributed by atoms with Gasteiger partial charge in [0.2, 0.25) is 0 Å². The maximum atomic E-state index is 12.2. The molecule has 10 heteroatoms. The van der Waals surface area contributed by atoms with Crippen molar-refractivity contribution in [2.45, 2.75) is 25.4 Å². The lowest BCUT2D eigenvalue weighted by Gasteiger charge is -2.33. The molecule has 134 valence electrons. The van der Waals surface area contributed by atoms with Crippen molar-refractivity contribution in [1.29, 1.82) is 0 Å². The number of nitrogens with one attached hydrogen (secondary N) is 1. The van der Waals surface area contributed by atoms with Gasteiger partial charge in [0, 0.05) is 44.3 Å². The summed E-state index contributed by atoms with van der Waals surface area (Å²) < 4.78 is 1.79. The van der Waals surface area contributed by atoms with Crippen LogP contribution in [0.3, 0.4) is 0 Å². The first-order chi connectivity index (χ1) is 10.7. The number of carbonyl (C=O) groups is 1. The van der Waals surface area contributed by atoms with Gasteiger partial charge in [-0.25, -0.2) is 4.98 Å². The minimum Gasteiger partial charge on any atom is -0.367 e. The van der Waals surface area contributed by atoms with Crippen LogP contribution < -0.4 is 16.0 Å². The smallest absolute Gasteiger partial charge is 0.271 e. The number of rotatable bonds is 4. The molecule has 24 heavy (non-hydrogen) atoms. The number of anilines is 1. The average molecular weight is 393 g/mol. The topological polar surface area (TPSA) is 89.1 Å². The summed E-state index contributed by atoms with van der Waals surface area (Å²) in [5.41, 5.74) is 7.09. The van der Waals surface area contributed by atoms with E-state index in [4.69, 9.17) is 5.73 Å². The van der Waals surface area contributed by atoms with Crippen molar-refractivity contribution >= 4 is 47.7 Å². The Morgan fingerprint density at radius 3 is 2.92 bits per heavy atom. The molecular formula is C14H22Cl2N6OS. The Balaban J connectivity index is 0.00000144. The second kappa shape index (κ2) is 9.22. The van der Waals surface area contributed by atoms with Crippen LogP contribution in [-0.2, 0) is 13.6 Å². The second-order valence-electron chi connectivity index (χ2n) is 5.46. The normalized spacial score (nSPS) is 16.9. The molecule has 0 radical (unpaired) electrons. The van der Waals surface area contributed by atoms with E-state index < -0.39 is 0 Å². The van der Waals surface area contributed by atoms with Crippen LogP contribution in [0.15, 0.2) is 17.8 Å². The Kier molecular flexibility index (Phi) is 7.95. The predicted molar refractivity (Wildman–Crippen MR) is 100 cm³/mol. The quantitative estimate of drug-likeness (QED) is 0.824. The van der Waals surface area contributed by atoms with E-state index in [-0.39, 0.29) is 36.8 Å². The number of aromatic nitrogens is 3. The van der Waals surface area contributed by atoms with E-state index in [2.05, 4.69) is 20.3 Å². The van der Waals surface area contributed by atoms with Crippen LogP contribution in [0.2, 0.25) is 0 Å². The Morgan fingerprint density at radius 2 is 2.29 bits per heavy atom. The molecule has 7 nitrogen and oxygen atoms in total. The first kappa shape index (κ1) is 20.7. The van der Waals surface area contributed by atoms with Crippen LogP contribution in [-0.4, -0.2) is 39.8 Å². The molecule has 3 rings (SSSR count). The summed E-state index contributed by atoms with van der Waals surface area (Å²) in [4.78, 5) is 18.7. The molecule has 1 atom stereocenters. The number of nitrogens with zero attached hydrogens (tertiary/aromatic N) is 4. The summed E-state index contributed by atoms with van der Waals surface area (Å²) in [5.74, 6) is -0.117. The molecule has 2 aromatic rings. The van der Waals surface area contributed by atoms with Gasteiger partial charge >= 0.3 is 0 Å². The second-order valence-corrected chi connectivity index (χ2v) is 6.40. The van der Waals surface area contributed by atoms with E-state index >= 15 is 0 Å². The molecule has 1 aliphatic heterocycles. The van der Waals surface area contributed by atoms with Crippen LogP contribution in [0.4, 0.5) is 5.69 Å². The van der Waals surface area contributed by atoms with E-state index in [9.17, 15) is 4.79 Å². The van der Waals surface area contributed by atoms with Crippen LogP contribution in [0, 0.1) is 0 Å². The molecule has 1 fully saturated rings. The number of nitrogens with two attached hydrogens (primary N) is 1. The first-order valence-corrected chi connectivity index (χ1v) is 8.22. The van der Waals surface area contributed by atoms with Gasteiger partial charge in [-0.1, -0.05) is 0 Å². The summed E-state index contributed by atoms with van der Waals surface area (Å²) >= 11 is 1.42. The minimum absolute atomic E-state index is 0. The van der Waals surface area contributed by atoms with Gasteiger partial charge in [0.15, 0.2) is 0 Å². The number of carbonyl (C=O) groups excluding carboxylic acids is 1. The number of amides is 1. The molecule has 1 unspecified atom stereocenters. The van der Waals surface area contributed by atoms with E-state index in [1.165, 1.54) is 11.3 Å². The van der Waals surface area contributed by atoms with E-state index in [1.807, 2.05) is 19.4 Å². The van der Waals surface area contributed by atoms with Gasteiger partial charge < -0.3 is 16.0 Å².